The van der Waals surface area contributed by atoms with Crippen LogP contribution < -0.4 is 5.73 Å². The second-order valence-electron chi connectivity index (χ2n) is 5.06. The van der Waals surface area contributed by atoms with Gasteiger partial charge in [-0.15, -0.1) is 0 Å². The van der Waals surface area contributed by atoms with Crippen molar-refractivity contribution >= 4 is 0 Å². The van der Waals surface area contributed by atoms with Crippen LogP contribution in [0.15, 0.2) is 12.1 Å². The van der Waals surface area contributed by atoms with E-state index in [1.807, 2.05) is 19.9 Å². The van der Waals surface area contributed by atoms with Gasteiger partial charge in [0.25, 0.3) is 0 Å². The third-order valence-electron chi connectivity index (χ3n) is 4.10. The van der Waals surface area contributed by atoms with E-state index in [1.165, 1.54) is 12.8 Å². The largest absolute Gasteiger partial charge is 0.330 e. The van der Waals surface area contributed by atoms with E-state index < -0.39 is 0 Å². The van der Waals surface area contributed by atoms with E-state index >= 15 is 0 Å². The van der Waals surface area contributed by atoms with Crippen molar-refractivity contribution in [2.24, 2.45) is 5.73 Å². The molecule has 2 N–H and O–H groups in total. The van der Waals surface area contributed by atoms with Gasteiger partial charge in [-0.1, -0.05) is 25.0 Å². The van der Waals surface area contributed by atoms with Crippen molar-refractivity contribution in [2.75, 3.05) is 6.54 Å². The van der Waals surface area contributed by atoms with Gasteiger partial charge in [0.1, 0.15) is 5.82 Å². The van der Waals surface area contributed by atoms with E-state index in [0.717, 1.165) is 29.5 Å². The van der Waals surface area contributed by atoms with E-state index in [-0.39, 0.29) is 11.2 Å². The highest BCUT2D eigenvalue weighted by atomic mass is 19.1. The Hall–Kier alpha value is -0.890. The highest BCUT2D eigenvalue weighted by Crippen LogP contribution is 2.42. The molecule has 1 aromatic carbocycles. The van der Waals surface area contributed by atoms with Crippen LogP contribution in [0.25, 0.3) is 0 Å². The number of aryl methyl sites for hydroxylation is 1. The molecule has 1 aliphatic rings. The number of rotatable bonds is 2. The van der Waals surface area contributed by atoms with Crippen LogP contribution in [0.5, 0.6) is 0 Å². The molecule has 2 heteroatoms. The summed E-state index contributed by atoms with van der Waals surface area (Å²) in [5, 5.41) is 0. The lowest BCUT2D eigenvalue weighted by Crippen LogP contribution is -2.33. The fourth-order valence-corrected chi connectivity index (χ4v) is 3.03. The number of halogens is 1. The summed E-state index contributed by atoms with van der Waals surface area (Å²) in [6, 6.07) is 3.96. The molecule has 1 fully saturated rings. The molecule has 0 saturated heterocycles. The minimum absolute atomic E-state index is 0.0403. The average Bonchev–Trinajstić information content (AvgIpc) is 2.76. The minimum Gasteiger partial charge on any atom is -0.330 e. The molecule has 0 atom stereocenters. The van der Waals surface area contributed by atoms with Crippen molar-refractivity contribution < 1.29 is 4.39 Å². The molecule has 0 heterocycles. The first-order valence-corrected chi connectivity index (χ1v) is 6.07. The molecule has 16 heavy (non-hydrogen) atoms. The monoisotopic (exact) mass is 221 g/mol. The van der Waals surface area contributed by atoms with Gasteiger partial charge in [0, 0.05) is 12.0 Å². The molecular weight excluding hydrogens is 201 g/mol. The molecule has 1 aromatic rings. The standard InChI is InChI=1S/C14H20FN/c1-10-5-6-12(11(2)13(10)15)14(9-16)7-3-4-8-14/h5-6H,3-4,7-9,16H2,1-2H3. The maximum atomic E-state index is 13.9. The second-order valence-corrected chi connectivity index (χ2v) is 5.06. The molecule has 1 aliphatic carbocycles. The fourth-order valence-electron chi connectivity index (χ4n) is 3.03. The van der Waals surface area contributed by atoms with Crippen LogP contribution in [0.3, 0.4) is 0 Å². The average molecular weight is 221 g/mol. The summed E-state index contributed by atoms with van der Waals surface area (Å²) < 4.78 is 13.9. The van der Waals surface area contributed by atoms with Crippen LogP contribution in [0.1, 0.15) is 42.4 Å². The Morgan fingerprint density at radius 2 is 1.88 bits per heavy atom. The molecule has 1 nitrogen and oxygen atoms in total. The molecule has 0 aliphatic heterocycles. The van der Waals surface area contributed by atoms with Crippen LogP contribution >= 0.6 is 0 Å². The normalized spacial score (nSPS) is 19.0. The van der Waals surface area contributed by atoms with Gasteiger partial charge < -0.3 is 5.73 Å². The fraction of sp³-hybridized carbons (Fsp3) is 0.571. The molecular formula is C14H20FN. The SMILES string of the molecule is Cc1ccc(C2(CN)CCCC2)c(C)c1F. The Morgan fingerprint density at radius 3 is 2.44 bits per heavy atom. The summed E-state index contributed by atoms with van der Waals surface area (Å²) >= 11 is 0. The van der Waals surface area contributed by atoms with Crippen molar-refractivity contribution in [1.29, 1.82) is 0 Å². The van der Waals surface area contributed by atoms with Gasteiger partial charge in [0.15, 0.2) is 0 Å². The number of benzene rings is 1. The van der Waals surface area contributed by atoms with Gasteiger partial charge in [0.2, 0.25) is 0 Å². The highest BCUT2D eigenvalue weighted by Gasteiger charge is 2.35. The molecule has 88 valence electrons. The predicted molar refractivity (Wildman–Crippen MR) is 65.1 cm³/mol. The molecule has 0 bridgehead atoms. The van der Waals surface area contributed by atoms with Crippen LogP contribution in [0.4, 0.5) is 4.39 Å². The summed E-state index contributed by atoms with van der Waals surface area (Å²) in [6.45, 7) is 4.33. The Labute approximate surface area is 96.9 Å². The third-order valence-corrected chi connectivity index (χ3v) is 4.10. The Kier molecular flexibility index (Phi) is 3.02. The Bertz CT molecular complexity index is 392. The predicted octanol–water partition coefficient (Wildman–Crippen LogP) is 3.21. The summed E-state index contributed by atoms with van der Waals surface area (Å²) in [7, 11) is 0. The van der Waals surface area contributed by atoms with E-state index in [1.54, 1.807) is 0 Å². The molecule has 0 unspecified atom stereocenters. The van der Waals surface area contributed by atoms with Crippen molar-refractivity contribution in [2.45, 2.75) is 44.9 Å². The zero-order valence-electron chi connectivity index (χ0n) is 10.1. The smallest absolute Gasteiger partial charge is 0.129 e. The van der Waals surface area contributed by atoms with E-state index in [9.17, 15) is 4.39 Å². The number of hydrogen-bond acceptors (Lipinski definition) is 1. The number of nitrogens with two attached hydrogens (primary N) is 1. The second kappa shape index (κ2) is 4.17. The van der Waals surface area contributed by atoms with Gasteiger partial charge in [-0.25, -0.2) is 4.39 Å². The van der Waals surface area contributed by atoms with Gasteiger partial charge in [-0.2, -0.15) is 0 Å². The van der Waals surface area contributed by atoms with Crippen LogP contribution in [0.2, 0.25) is 0 Å². The maximum absolute atomic E-state index is 13.9. The minimum atomic E-state index is -0.0581. The summed E-state index contributed by atoms with van der Waals surface area (Å²) in [5.41, 5.74) is 8.64. The Morgan fingerprint density at radius 1 is 1.25 bits per heavy atom. The van der Waals surface area contributed by atoms with E-state index in [0.29, 0.717) is 6.54 Å². The quantitative estimate of drug-likeness (QED) is 0.815. The number of hydrogen-bond donors (Lipinski definition) is 1. The highest BCUT2D eigenvalue weighted by molar-refractivity contribution is 5.38. The lowest BCUT2D eigenvalue weighted by Gasteiger charge is -2.30. The molecule has 1 saturated carbocycles. The van der Waals surface area contributed by atoms with E-state index in [4.69, 9.17) is 5.73 Å². The molecule has 0 spiro atoms. The van der Waals surface area contributed by atoms with Gasteiger partial charge in [0.05, 0.1) is 0 Å². The molecule has 0 radical (unpaired) electrons. The van der Waals surface area contributed by atoms with Gasteiger partial charge in [-0.05, 0) is 43.4 Å². The molecule has 0 amide bonds. The first-order valence-electron chi connectivity index (χ1n) is 6.07. The summed E-state index contributed by atoms with van der Waals surface area (Å²) in [5.74, 6) is -0.0581. The maximum Gasteiger partial charge on any atom is 0.129 e. The topological polar surface area (TPSA) is 26.0 Å². The first-order chi connectivity index (χ1) is 7.60. The van der Waals surface area contributed by atoms with Crippen molar-refractivity contribution in [3.05, 3.63) is 34.6 Å². The van der Waals surface area contributed by atoms with Gasteiger partial charge >= 0.3 is 0 Å². The van der Waals surface area contributed by atoms with Gasteiger partial charge in [-0.3, -0.25) is 0 Å². The third kappa shape index (κ3) is 1.65. The van der Waals surface area contributed by atoms with E-state index in [2.05, 4.69) is 6.07 Å². The first kappa shape index (κ1) is 11.6. The lowest BCUT2D eigenvalue weighted by atomic mass is 9.76. The van der Waals surface area contributed by atoms with Crippen molar-refractivity contribution in [3.8, 4) is 0 Å². The van der Waals surface area contributed by atoms with Crippen LogP contribution in [-0.4, -0.2) is 6.54 Å². The zero-order valence-corrected chi connectivity index (χ0v) is 10.1. The molecule has 2 rings (SSSR count). The van der Waals surface area contributed by atoms with Crippen LogP contribution in [-0.2, 0) is 5.41 Å². The summed E-state index contributed by atoms with van der Waals surface area (Å²) in [6.07, 6.45) is 4.64. The van der Waals surface area contributed by atoms with Crippen molar-refractivity contribution in [3.63, 3.8) is 0 Å². The van der Waals surface area contributed by atoms with Crippen LogP contribution in [0, 0.1) is 19.7 Å². The lowest BCUT2D eigenvalue weighted by molar-refractivity contribution is 0.445. The zero-order chi connectivity index (χ0) is 11.8. The van der Waals surface area contributed by atoms with Crippen molar-refractivity contribution in [1.82, 2.24) is 0 Å². The Balaban J connectivity index is 2.51. The molecule has 0 aromatic heterocycles. The summed E-state index contributed by atoms with van der Waals surface area (Å²) in [4.78, 5) is 0.